The Labute approximate surface area is 117 Å². The second-order valence-electron chi connectivity index (χ2n) is 3.80. The number of esters is 1. The molecule has 0 aromatic heterocycles. The first-order valence-electron chi connectivity index (χ1n) is 5.82. The Morgan fingerprint density at radius 3 is 2.63 bits per heavy atom. The second kappa shape index (κ2) is 7.86. The van der Waals surface area contributed by atoms with Crippen LogP contribution in [-0.2, 0) is 9.47 Å². The van der Waals surface area contributed by atoms with Crippen LogP contribution in [0.25, 0.3) is 0 Å². The molecule has 0 radical (unpaired) electrons. The third kappa shape index (κ3) is 4.29. The minimum absolute atomic E-state index is 0.303. The Morgan fingerprint density at radius 1 is 1.32 bits per heavy atom. The zero-order valence-corrected chi connectivity index (χ0v) is 12.0. The molecule has 1 aromatic carbocycles. The van der Waals surface area contributed by atoms with Gasteiger partial charge in [-0.3, -0.25) is 0 Å². The first-order valence-corrected chi connectivity index (χ1v) is 6.20. The van der Waals surface area contributed by atoms with E-state index in [2.05, 4.69) is 10.1 Å². The fourth-order valence-corrected chi connectivity index (χ4v) is 1.80. The minimum Gasteiger partial charge on any atom is -0.496 e. The molecule has 1 aromatic rings. The Hall–Kier alpha value is -1.46. The van der Waals surface area contributed by atoms with E-state index in [4.69, 9.17) is 21.1 Å². The van der Waals surface area contributed by atoms with Crippen LogP contribution in [0, 0.1) is 0 Å². The van der Waals surface area contributed by atoms with Crippen molar-refractivity contribution >= 4 is 23.3 Å². The van der Waals surface area contributed by atoms with Crippen LogP contribution in [0.1, 0.15) is 16.8 Å². The average molecular weight is 288 g/mol. The van der Waals surface area contributed by atoms with Crippen LogP contribution in [0.15, 0.2) is 12.1 Å². The largest absolute Gasteiger partial charge is 0.496 e. The van der Waals surface area contributed by atoms with Gasteiger partial charge in [0.25, 0.3) is 0 Å². The van der Waals surface area contributed by atoms with Crippen molar-refractivity contribution in [2.24, 2.45) is 0 Å². The Bertz CT molecular complexity index is 437. The smallest absolute Gasteiger partial charge is 0.341 e. The lowest BCUT2D eigenvalue weighted by molar-refractivity contribution is 0.0597. The summed E-state index contributed by atoms with van der Waals surface area (Å²) in [5, 5.41) is 3.61. The van der Waals surface area contributed by atoms with Crippen molar-refractivity contribution in [1.29, 1.82) is 0 Å². The predicted octanol–water partition coefficient (Wildman–Crippen LogP) is 2.58. The van der Waals surface area contributed by atoms with Crippen LogP contribution in [0.2, 0.25) is 5.02 Å². The SMILES string of the molecule is COCCCNc1cc(OC)c(C(=O)OC)cc1Cl. The number of carbonyl (C=O) groups is 1. The number of ether oxygens (including phenoxy) is 3. The lowest BCUT2D eigenvalue weighted by Crippen LogP contribution is -2.08. The molecule has 0 aliphatic carbocycles. The summed E-state index contributed by atoms with van der Waals surface area (Å²) >= 11 is 6.12. The molecule has 1 rings (SSSR count). The standard InChI is InChI=1S/C13H18ClNO4/c1-17-6-4-5-15-11-8-12(18-2)9(7-10(11)14)13(16)19-3/h7-8,15H,4-6H2,1-3H3. The number of carbonyl (C=O) groups excluding carboxylic acids is 1. The number of methoxy groups -OCH3 is 3. The highest BCUT2D eigenvalue weighted by molar-refractivity contribution is 6.33. The van der Waals surface area contributed by atoms with Gasteiger partial charge in [-0.2, -0.15) is 0 Å². The van der Waals surface area contributed by atoms with Crippen LogP contribution in [-0.4, -0.2) is 40.5 Å². The quantitative estimate of drug-likeness (QED) is 0.617. The highest BCUT2D eigenvalue weighted by atomic mass is 35.5. The van der Waals surface area contributed by atoms with E-state index in [1.165, 1.54) is 20.3 Å². The molecule has 0 aliphatic heterocycles. The van der Waals surface area contributed by atoms with E-state index in [1.54, 1.807) is 13.2 Å². The van der Waals surface area contributed by atoms with Gasteiger partial charge in [0.1, 0.15) is 11.3 Å². The van der Waals surface area contributed by atoms with Gasteiger partial charge in [0.15, 0.2) is 0 Å². The van der Waals surface area contributed by atoms with E-state index in [-0.39, 0.29) is 0 Å². The molecule has 0 aliphatic rings. The van der Waals surface area contributed by atoms with Gasteiger partial charge in [0, 0.05) is 26.3 Å². The number of rotatable bonds is 7. The summed E-state index contributed by atoms with van der Waals surface area (Å²) in [5.74, 6) is -0.0600. The lowest BCUT2D eigenvalue weighted by atomic mass is 10.1. The maximum Gasteiger partial charge on any atom is 0.341 e. The van der Waals surface area contributed by atoms with Gasteiger partial charge in [-0.25, -0.2) is 4.79 Å². The fourth-order valence-electron chi connectivity index (χ4n) is 1.57. The third-order valence-corrected chi connectivity index (χ3v) is 2.85. The van der Waals surface area contributed by atoms with E-state index in [0.717, 1.165) is 6.42 Å². The summed E-state index contributed by atoms with van der Waals surface area (Å²) < 4.78 is 14.8. The number of hydrogen-bond acceptors (Lipinski definition) is 5. The van der Waals surface area contributed by atoms with Gasteiger partial charge in [-0.1, -0.05) is 11.6 Å². The normalized spacial score (nSPS) is 10.1. The molecule has 0 atom stereocenters. The molecule has 0 spiro atoms. The van der Waals surface area contributed by atoms with Crippen molar-refractivity contribution in [3.05, 3.63) is 22.7 Å². The maximum absolute atomic E-state index is 11.6. The van der Waals surface area contributed by atoms with Gasteiger partial charge >= 0.3 is 5.97 Å². The molecule has 6 heteroatoms. The fraction of sp³-hybridized carbons (Fsp3) is 0.462. The number of nitrogens with one attached hydrogen (secondary N) is 1. The second-order valence-corrected chi connectivity index (χ2v) is 4.20. The lowest BCUT2D eigenvalue weighted by Gasteiger charge is -2.13. The van der Waals surface area contributed by atoms with Crippen molar-refractivity contribution in [3.8, 4) is 5.75 Å². The van der Waals surface area contributed by atoms with E-state index < -0.39 is 5.97 Å². The molecular formula is C13H18ClNO4. The van der Waals surface area contributed by atoms with Crippen LogP contribution in [0.3, 0.4) is 0 Å². The summed E-state index contributed by atoms with van der Waals surface area (Å²) in [4.78, 5) is 11.6. The monoisotopic (exact) mass is 287 g/mol. The number of hydrogen-bond donors (Lipinski definition) is 1. The topological polar surface area (TPSA) is 56.8 Å². The van der Waals surface area contributed by atoms with Crippen molar-refractivity contribution in [2.75, 3.05) is 39.8 Å². The zero-order valence-electron chi connectivity index (χ0n) is 11.3. The maximum atomic E-state index is 11.6. The Morgan fingerprint density at radius 2 is 2.05 bits per heavy atom. The molecule has 19 heavy (non-hydrogen) atoms. The summed E-state index contributed by atoms with van der Waals surface area (Å²) in [7, 11) is 4.46. The average Bonchev–Trinajstić information content (AvgIpc) is 2.43. The number of halogens is 1. The molecule has 0 bridgehead atoms. The van der Waals surface area contributed by atoms with Crippen molar-refractivity contribution < 1.29 is 19.0 Å². The number of benzene rings is 1. The van der Waals surface area contributed by atoms with Gasteiger partial charge in [-0.15, -0.1) is 0 Å². The third-order valence-electron chi connectivity index (χ3n) is 2.54. The van der Waals surface area contributed by atoms with E-state index in [1.807, 2.05) is 0 Å². The molecule has 0 heterocycles. The minimum atomic E-state index is -0.482. The summed E-state index contributed by atoms with van der Waals surface area (Å²) in [6.45, 7) is 1.39. The first kappa shape index (κ1) is 15.6. The van der Waals surface area contributed by atoms with Crippen LogP contribution in [0.4, 0.5) is 5.69 Å². The van der Waals surface area contributed by atoms with E-state index in [0.29, 0.717) is 35.2 Å². The molecule has 1 N–H and O–H groups in total. The van der Waals surface area contributed by atoms with E-state index >= 15 is 0 Å². The molecule has 0 fully saturated rings. The van der Waals surface area contributed by atoms with Gasteiger partial charge < -0.3 is 19.5 Å². The summed E-state index contributed by atoms with van der Waals surface area (Å²) in [5.41, 5.74) is 1.01. The van der Waals surface area contributed by atoms with Gasteiger partial charge in [0.05, 0.1) is 24.9 Å². The molecule has 5 nitrogen and oxygen atoms in total. The highest BCUT2D eigenvalue weighted by Gasteiger charge is 2.16. The molecule has 0 unspecified atom stereocenters. The van der Waals surface area contributed by atoms with Crippen LogP contribution >= 0.6 is 11.6 Å². The molecule has 0 saturated carbocycles. The van der Waals surface area contributed by atoms with Crippen molar-refractivity contribution in [3.63, 3.8) is 0 Å². The highest BCUT2D eigenvalue weighted by Crippen LogP contribution is 2.31. The Kier molecular flexibility index (Phi) is 6.45. The van der Waals surface area contributed by atoms with Crippen molar-refractivity contribution in [1.82, 2.24) is 0 Å². The van der Waals surface area contributed by atoms with Gasteiger partial charge in [0.2, 0.25) is 0 Å². The van der Waals surface area contributed by atoms with Gasteiger partial charge in [-0.05, 0) is 12.5 Å². The van der Waals surface area contributed by atoms with Crippen molar-refractivity contribution in [2.45, 2.75) is 6.42 Å². The van der Waals surface area contributed by atoms with Crippen LogP contribution in [0.5, 0.6) is 5.75 Å². The predicted molar refractivity (Wildman–Crippen MR) is 74.3 cm³/mol. The molecular weight excluding hydrogens is 270 g/mol. The van der Waals surface area contributed by atoms with E-state index in [9.17, 15) is 4.79 Å². The molecule has 106 valence electrons. The molecule has 0 amide bonds. The summed E-state index contributed by atoms with van der Waals surface area (Å²) in [6, 6.07) is 3.21. The zero-order chi connectivity index (χ0) is 14.3. The van der Waals surface area contributed by atoms with Crippen LogP contribution < -0.4 is 10.1 Å². The summed E-state index contributed by atoms with van der Waals surface area (Å²) in [6.07, 6.45) is 0.855. The number of anilines is 1. The Balaban J connectivity index is 2.87. The first-order chi connectivity index (χ1) is 9.13. The molecule has 0 saturated heterocycles.